The van der Waals surface area contributed by atoms with E-state index in [1.165, 1.54) is 24.8 Å². The number of methoxy groups -OCH3 is 1. The highest BCUT2D eigenvalue weighted by Crippen LogP contribution is 2.48. The second-order valence-electron chi connectivity index (χ2n) is 7.99. The first-order valence-corrected chi connectivity index (χ1v) is 10.1. The van der Waals surface area contributed by atoms with E-state index >= 15 is 0 Å². The third-order valence-corrected chi connectivity index (χ3v) is 6.46. The first kappa shape index (κ1) is 17.2. The zero-order chi connectivity index (χ0) is 19.1. The topological polar surface area (TPSA) is 44.1 Å². The van der Waals surface area contributed by atoms with Gasteiger partial charge in [0.15, 0.2) is 0 Å². The highest BCUT2D eigenvalue weighted by molar-refractivity contribution is 5.71. The molecule has 4 heteroatoms. The second kappa shape index (κ2) is 6.62. The smallest absolute Gasteiger partial charge is 0.262 e. The Balaban J connectivity index is 1.80. The number of aromatic nitrogens is 2. The summed E-state index contributed by atoms with van der Waals surface area (Å²) in [5, 5.41) is 0. The number of ether oxygens (including phenoxy) is 1. The number of rotatable bonds is 2. The molecule has 0 N–H and O–H groups in total. The Hall–Kier alpha value is -2.88. The van der Waals surface area contributed by atoms with Crippen LogP contribution in [0.15, 0.2) is 59.7 Å². The van der Waals surface area contributed by atoms with Crippen molar-refractivity contribution in [2.24, 2.45) is 0 Å². The molecular weight excluding hydrogens is 348 g/mol. The number of hydrogen-bond donors (Lipinski definition) is 0. The van der Waals surface area contributed by atoms with Crippen molar-refractivity contribution in [1.82, 2.24) is 9.55 Å². The molecule has 142 valence electrons. The molecule has 0 amide bonds. The van der Waals surface area contributed by atoms with Crippen LogP contribution in [0.2, 0.25) is 0 Å². The fourth-order valence-corrected chi connectivity index (χ4v) is 5.15. The molecule has 1 heterocycles. The fourth-order valence-electron chi connectivity index (χ4n) is 5.15. The normalized spacial score (nSPS) is 17.0. The van der Waals surface area contributed by atoms with Crippen LogP contribution in [0.1, 0.15) is 43.2 Å². The summed E-state index contributed by atoms with van der Waals surface area (Å²) in [7, 11) is 1.63. The zero-order valence-corrected chi connectivity index (χ0v) is 16.1. The van der Waals surface area contributed by atoms with Crippen molar-refractivity contribution in [1.29, 1.82) is 0 Å². The van der Waals surface area contributed by atoms with E-state index in [0.29, 0.717) is 5.75 Å². The van der Waals surface area contributed by atoms with Crippen LogP contribution >= 0.6 is 0 Å². The minimum absolute atomic E-state index is 0.0471. The summed E-state index contributed by atoms with van der Waals surface area (Å²) in [6.45, 7) is 0. The molecule has 1 saturated carbocycles. The van der Waals surface area contributed by atoms with Crippen molar-refractivity contribution in [2.75, 3.05) is 7.11 Å². The van der Waals surface area contributed by atoms with Crippen LogP contribution in [0.5, 0.6) is 5.75 Å². The van der Waals surface area contributed by atoms with Crippen LogP contribution in [0.4, 0.5) is 0 Å². The van der Waals surface area contributed by atoms with Crippen LogP contribution in [0.25, 0.3) is 16.9 Å². The van der Waals surface area contributed by atoms with Crippen molar-refractivity contribution in [2.45, 2.75) is 43.9 Å². The van der Waals surface area contributed by atoms with Gasteiger partial charge in [-0.25, -0.2) is 4.98 Å². The van der Waals surface area contributed by atoms with Gasteiger partial charge in [0.1, 0.15) is 12.1 Å². The van der Waals surface area contributed by atoms with E-state index in [1.807, 2.05) is 30.3 Å². The van der Waals surface area contributed by atoms with E-state index in [-0.39, 0.29) is 11.0 Å². The van der Waals surface area contributed by atoms with Gasteiger partial charge in [-0.05, 0) is 37.0 Å². The van der Waals surface area contributed by atoms with Gasteiger partial charge in [-0.1, -0.05) is 55.7 Å². The lowest BCUT2D eigenvalue weighted by molar-refractivity contribution is 0.284. The SMILES string of the molecule is COc1ccccc1-n1cnc2c(c1=O)C1(CCCCC1)Cc1ccccc1-2. The Morgan fingerprint density at radius 1 is 1.00 bits per heavy atom. The predicted octanol–water partition coefficient (Wildman–Crippen LogP) is 4.67. The van der Waals surface area contributed by atoms with E-state index in [4.69, 9.17) is 9.72 Å². The number of para-hydroxylation sites is 2. The van der Waals surface area contributed by atoms with E-state index in [0.717, 1.165) is 41.8 Å². The first-order chi connectivity index (χ1) is 13.7. The third-order valence-electron chi connectivity index (χ3n) is 6.46. The van der Waals surface area contributed by atoms with Gasteiger partial charge in [0.05, 0.1) is 24.1 Å². The van der Waals surface area contributed by atoms with E-state index in [1.54, 1.807) is 18.0 Å². The summed E-state index contributed by atoms with van der Waals surface area (Å²) in [4.78, 5) is 18.7. The summed E-state index contributed by atoms with van der Waals surface area (Å²) in [5.41, 5.74) is 4.90. The lowest BCUT2D eigenvalue weighted by Crippen LogP contribution is -2.42. The zero-order valence-electron chi connectivity index (χ0n) is 16.1. The molecule has 0 bridgehead atoms. The molecular formula is C24H24N2O2. The quantitative estimate of drug-likeness (QED) is 0.657. The van der Waals surface area contributed by atoms with Gasteiger partial charge in [-0.15, -0.1) is 0 Å². The third kappa shape index (κ3) is 2.51. The molecule has 2 aromatic carbocycles. The maximum Gasteiger partial charge on any atom is 0.262 e. The number of benzene rings is 2. The Bertz CT molecular complexity index is 1090. The Morgan fingerprint density at radius 3 is 2.57 bits per heavy atom. The molecule has 1 aromatic heterocycles. The molecule has 3 aromatic rings. The molecule has 0 radical (unpaired) electrons. The maximum atomic E-state index is 13.8. The molecule has 0 saturated heterocycles. The average Bonchev–Trinajstić information content (AvgIpc) is 2.74. The van der Waals surface area contributed by atoms with Crippen LogP contribution in [-0.4, -0.2) is 16.7 Å². The minimum atomic E-state index is -0.100. The van der Waals surface area contributed by atoms with Gasteiger partial charge in [0.25, 0.3) is 5.56 Å². The summed E-state index contributed by atoms with van der Waals surface area (Å²) in [6, 6.07) is 16.1. The highest BCUT2D eigenvalue weighted by Gasteiger charge is 2.43. The number of nitrogens with zero attached hydrogens (tertiary/aromatic N) is 2. The maximum absolute atomic E-state index is 13.8. The number of fused-ring (bicyclic) bond motifs is 4. The van der Waals surface area contributed by atoms with Crippen LogP contribution in [-0.2, 0) is 11.8 Å². The molecule has 2 aliphatic carbocycles. The van der Waals surface area contributed by atoms with Gasteiger partial charge >= 0.3 is 0 Å². The van der Waals surface area contributed by atoms with E-state index < -0.39 is 0 Å². The number of hydrogen-bond acceptors (Lipinski definition) is 3. The van der Waals surface area contributed by atoms with Crippen LogP contribution in [0.3, 0.4) is 0 Å². The Labute approximate surface area is 164 Å². The van der Waals surface area contributed by atoms with Crippen molar-refractivity contribution in [3.8, 4) is 22.7 Å². The standard InChI is InChI=1S/C24H24N2O2/c1-28-20-12-6-5-11-19(20)26-16-25-22-18-10-4-3-9-17(18)15-24(21(22)23(26)27)13-7-2-8-14-24/h3-6,9-12,16H,2,7-8,13-15H2,1H3. The second-order valence-corrected chi connectivity index (χ2v) is 7.99. The van der Waals surface area contributed by atoms with E-state index in [2.05, 4.69) is 18.2 Å². The molecule has 1 fully saturated rings. The Kier molecular flexibility index (Phi) is 4.08. The predicted molar refractivity (Wildman–Crippen MR) is 110 cm³/mol. The van der Waals surface area contributed by atoms with Gasteiger partial charge in [0.2, 0.25) is 0 Å². The molecule has 0 atom stereocenters. The van der Waals surface area contributed by atoms with Gasteiger partial charge in [0, 0.05) is 11.0 Å². The van der Waals surface area contributed by atoms with Crippen LogP contribution in [0, 0.1) is 0 Å². The van der Waals surface area contributed by atoms with Crippen molar-refractivity contribution in [3.63, 3.8) is 0 Å². The molecule has 0 unspecified atom stereocenters. The lowest BCUT2D eigenvalue weighted by Gasteiger charge is -2.41. The molecule has 2 aliphatic rings. The van der Waals surface area contributed by atoms with Crippen molar-refractivity contribution in [3.05, 3.63) is 76.3 Å². The van der Waals surface area contributed by atoms with Crippen molar-refractivity contribution >= 4 is 0 Å². The summed E-state index contributed by atoms with van der Waals surface area (Å²) in [5.74, 6) is 0.681. The monoisotopic (exact) mass is 372 g/mol. The van der Waals surface area contributed by atoms with Gasteiger partial charge < -0.3 is 4.74 Å². The molecule has 5 rings (SSSR count). The fraction of sp³-hybridized carbons (Fsp3) is 0.333. The average molecular weight is 372 g/mol. The summed E-state index contributed by atoms with van der Waals surface area (Å²) in [6.07, 6.45) is 8.30. The summed E-state index contributed by atoms with van der Waals surface area (Å²) < 4.78 is 7.17. The summed E-state index contributed by atoms with van der Waals surface area (Å²) >= 11 is 0. The lowest BCUT2D eigenvalue weighted by atomic mass is 9.62. The van der Waals surface area contributed by atoms with Gasteiger partial charge in [-0.2, -0.15) is 0 Å². The highest BCUT2D eigenvalue weighted by atomic mass is 16.5. The molecule has 28 heavy (non-hydrogen) atoms. The van der Waals surface area contributed by atoms with Gasteiger partial charge in [-0.3, -0.25) is 9.36 Å². The minimum Gasteiger partial charge on any atom is -0.495 e. The Morgan fingerprint density at radius 2 is 1.75 bits per heavy atom. The van der Waals surface area contributed by atoms with Crippen LogP contribution < -0.4 is 10.3 Å². The van der Waals surface area contributed by atoms with E-state index in [9.17, 15) is 4.79 Å². The van der Waals surface area contributed by atoms with Crippen molar-refractivity contribution < 1.29 is 4.74 Å². The molecule has 4 nitrogen and oxygen atoms in total. The largest absolute Gasteiger partial charge is 0.495 e. The molecule has 1 spiro atoms. The first-order valence-electron chi connectivity index (χ1n) is 10.1. The molecule has 0 aliphatic heterocycles.